The van der Waals surface area contributed by atoms with Crippen molar-refractivity contribution >= 4 is 23.6 Å². The molecular weight excluding hydrogens is 376 g/mol. The van der Waals surface area contributed by atoms with Gasteiger partial charge in [0.1, 0.15) is 11.8 Å². The van der Waals surface area contributed by atoms with Crippen molar-refractivity contribution < 1.29 is 19.1 Å². The van der Waals surface area contributed by atoms with Gasteiger partial charge in [0.15, 0.2) is 5.76 Å². The van der Waals surface area contributed by atoms with Crippen LogP contribution in [-0.2, 0) is 4.79 Å². The van der Waals surface area contributed by atoms with Gasteiger partial charge in [0.2, 0.25) is 5.91 Å². The molecule has 150 valence electrons. The molecule has 1 aromatic carbocycles. The Hall–Kier alpha value is -2.41. The molecule has 1 aliphatic rings. The summed E-state index contributed by atoms with van der Waals surface area (Å²) < 4.78 is 5.14. The predicted molar refractivity (Wildman–Crippen MR) is 110 cm³/mol. The zero-order valence-electron chi connectivity index (χ0n) is 16.0. The van der Waals surface area contributed by atoms with Gasteiger partial charge in [0, 0.05) is 13.1 Å². The maximum Gasteiger partial charge on any atom is 0.287 e. The SMILES string of the molecule is CSCCC(NC(=O)c1ccco1)C(=O)N1CCC(c2ccc(O)cc2)CC1. The van der Waals surface area contributed by atoms with Crippen molar-refractivity contribution in [1.29, 1.82) is 0 Å². The number of carbonyl (C=O) groups is 2. The second kappa shape index (κ2) is 9.68. The summed E-state index contributed by atoms with van der Waals surface area (Å²) in [6, 6.07) is 10.0. The smallest absolute Gasteiger partial charge is 0.287 e. The van der Waals surface area contributed by atoms with Gasteiger partial charge in [-0.2, -0.15) is 11.8 Å². The molecule has 1 unspecified atom stereocenters. The van der Waals surface area contributed by atoms with Crippen molar-refractivity contribution in [3.63, 3.8) is 0 Å². The third kappa shape index (κ3) is 5.10. The number of phenolic OH excluding ortho intramolecular Hbond substituents is 1. The van der Waals surface area contributed by atoms with Gasteiger partial charge in [-0.05, 0) is 67.0 Å². The minimum absolute atomic E-state index is 0.0295. The van der Waals surface area contributed by atoms with Gasteiger partial charge in [-0.25, -0.2) is 0 Å². The molecule has 0 radical (unpaired) electrons. The van der Waals surface area contributed by atoms with E-state index in [0.717, 1.165) is 18.6 Å². The van der Waals surface area contributed by atoms with Gasteiger partial charge >= 0.3 is 0 Å². The lowest BCUT2D eigenvalue weighted by atomic mass is 9.89. The van der Waals surface area contributed by atoms with Gasteiger partial charge < -0.3 is 19.7 Å². The van der Waals surface area contributed by atoms with E-state index in [0.29, 0.717) is 25.4 Å². The maximum absolute atomic E-state index is 13.0. The predicted octanol–water partition coefficient (Wildman–Crippen LogP) is 3.24. The van der Waals surface area contributed by atoms with E-state index in [-0.39, 0.29) is 23.3 Å². The number of aromatic hydroxyl groups is 1. The van der Waals surface area contributed by atoms with E-state index in [4.69, 9.17) is 4.42 Å². The first kappa shape index (κ1) is 20.3. The van der Waals surface area contributed by atoms with Crippen molar-refractivity contribution in [2.45, 2.75) is 31.2 Å². The molecule has 0 bridgehead atoms. The molecule has 0 spiro atoms. The van der Waals surface area contributed by atoms with E-state index in [1.807, 2.05) is 23.3 Å². The molecule has 1 aromatic heterocycles. The third-order valence-electron chi connectivity index (χ3n) is 5.13. The summed E-state index contributed by atoms with van der Waals surface area (Å²) in [6.45, 7) is 1.33. The number of thioether (sulfide) groups is 1. The number of nitrogens with one attached hydrogen (secondary N) is 1. The Labute approximate surface area is 169 Å². The zero-order valence-corrected chi connectivity index (χ0v) is 16.8. The molecular formula is C21H26N2O4S. The zero-order chi connectivity index (χ0) is 19.9. The van der Waals surface area contributed by atoms with E-state index in [2.05, 4.69) is 5.32 Å². The Kier molecular flexibility index (Phi) is 7.03. The van der Waals surface area contributed by atoms with Crippen LogP contribution >= 0.6 is 11.8 Å². The van der Waals surface area contributed by atoms with Gasteiger partial charge in [-0.1, -0.05) is 12.1 Å². The van der Waals surface area contributed by atoms with Gasteiger partial charge in [-0.15, -0.1) is 0 Å². The van der Waals surface area contributed by atoms with Crippen molar-refractivity contribution in [1.82, 2.24) is 10.2 Å². The van der Waals surface area contributed by atoms with Crippen molar-refractivity contribution in [2.75, 3.05) is 25.1 Å². The number of amides is 2. The van der Waals surface area contributed by atoms with Gasteiger partial charge in [0.25, 0.3) is 5.91 Å². The second-order valence-electron chi connectivity index (χ2n) is 6.98. The molecule has 2 aromatic rings. The highest BCUT2D eigenvalue weighted by Gasteiger charge is 2.30. The molecule has 2 N–H and O–H groups in total. The summed E-state index contributed by atoms with van der Waals surface area (Å²) in [5, 5.41) is 12.3. The number of piperidine rings is 1. The lowest BCUT2D eigenvalue weighted by Gasteiger charge is -2.34. The topological polar surface area (TPSA) is 82.8 Å². The number of hydrogen-bond donors (Lipinski definition) is 2. The average molecular weight is 403 g/mol. The fourth-order valence-corrected chi connectivity index (χ4v) is 4.00. The fourth-order valence-electron chi connectivity index (χ4n) is 3.53. The van der Waals surface area contributed by atoms with Crippen LogP contribution in [0.4, 0.5) is 0 Å². The molecule has 1 saturated heterocycles. The molecule has 0 saturated carbocycles. The Morgan fingerprint density at radius 3 is 2.57 bits per heavy atom. The number of likely N-dealkylation sites (tertiary alicyclic amines) is 1. The third-order valence-corrected chi connectivity index (χ3v) is 5.77. The van der Waals surface area contributed by atoms with Crippen LogP contribution in [0, 0.1) is 0 Å². The number of carbonyl (C=O) groups excluding carboxylic acids is 2. The van der Waals surface area contributed by atoms with Crippen molar-refractivity contribution in [3.05, 3.63) is 54.0 Å². The lowest BCUT2D eigenvalue weighted by molar-refractivity contribution is -0.134. The molecule has 28 heavy (non-hydrogen) atoms. The average Bonchev–Trinajstić information content (AvgIpc) is 3.26. The molecule has 2 amide bonds. The molecule has 1 atom stereocenters. The summed E-state index contributed by atoms with van der Waals surface area (Å²) >= 11 is 1.65. The van der Waals surface area contributed by atoms with E-state index in [9.17, 15) is 14.7 Å². The molecule has 7 heteroatoms. The van der Waals surface area contributed by atoms with E-state index in [1.165, 1.54) is 11.8 Å². The largest absolute Gasteiger partial charge is 0.508 e. The summed E-state index contributed by atoms with van der Waals surface area (Å²) in [4.78, 5) is 27.2. The van der Waals surface area contributed by atoms with Gasteiger partial charge in [0.05, 0.1) is 6.26 Å². The molecule has 2 heterocycles. The highest BCUT2D eigenvalue weighted by atomic mass is 32.2. The Morgan fingerprint density at radius 1 is 1.25 bits per heavy atom. The number of hydrogen-bond acceptors (Lipinski definition) is 5. The minimum Gasteiger partial charge on any atom is -0.508 e. The van der Waals surface area contributed by atoms with E-state index < -0.39 is 6.04 Å². The van der Waals surface area contributed by atoms with E-state index in [1.54, 1.807) is 36.0 Å². The maximum atomic E-state index is 13.0. The normalized spacial score (nSPS) is 16.0. The van der Waals surface area contributed by atoms with Crippen LogP contribution in [0.5, 0.6) is 5.75 Å². The van der Waals surface area contributed by atoms with Crippen LogP contribution in [0.25, 0.3) is 0 Å². The highest BCUT2D eigenvalue weighted by Crippen LogP contribution is 2.29. The van der Waals surface area contributed by atoms with Crippen LogP contribution in [0.2, 0.25) is 0 Å². The molecule has 1 aliphatic heterocycles. The summed E-state index contributed by atoms with van der Waals surface area (Å²) in [6.07, 6.45) is 5.76. The van der Waals surface area contributed by atoms with Crippen LogP contribution in [0.15, 0.2) is 47.1 Å². The van der Waals surface area contributed by atoms with Crippen molar-refractivity contribution in [2.24, 2.45) is 0 Å². The van der Waals surface area contributed by atoms with Crippen LogP contribution < -0.4 is 5.32 Å². The lowest BCUT2D eigenvalue weighted by Crippen LogP contribution is -2.50. The minimum atomic E-state index is -0.546. The number of nitrogens with zero attached hydrogens (tertiary/aromatic N) is 1. The first-order chi connectivity index (χ1) is 13.6. The molecule has 0 aliphatic carbocycles. The number of rotatable bonds is 7. The standard InChI is InChI=1S/C21H26N2O4S/c1-28-14-10-18(22-20(25)19-3-2-13-27-19)21(26)23-11-8-16(9-12-23)15-4-6-17(24)7-5-15/h2-7,13,16,18,24H,8-12,14H2,1H3,(H,22,25). The molecule has 3 rings (SSSR count). The summed E-state index contributed by atoms with van der Waals surface area (Å²) in [5.74, 6) is 1.26. The first-order valence-electron chi connectivity index (χ1n) is 9.49. The number of phenols is 1. The second-order valence-corrected chi connectivity index (χ2v) is 7.96. The number of furan rings is 1. The Balaban J connectivity index is 1.59. The molecule has 1 fully saturated rings. The van der Waals surface area contributed by atoms with Crippen LogP contribution in [0.3, 0.4) is 0 Å². The highest BCUT2D eigenvalue weighted by molar-refractivity contribution is 7.98. The van der Waals surface area contributed by atoms with Gasteiger partial charge in [-0.3, -0.25) is 9.59 Å². The van der Waals surface area contributed by atoms with Crippen LogP contribution in [0.1, 0.15) is 41.3 Å². The van der Waals surface area contributed by atoms with Crippen molar-refractivity contribution in [3.8, 4) is 5.75 Å². The summed E-state index contributed by atoms with van der Waals surface area (Å²) in [7, 11) is 0. The monoisotopic (exact) mass is 402 g/mol. The van der Waals surface area contributed by atoms with Crippen LogP contribution in [-0.4, -0.2) is 53.0 Å². The quantitative estimate of drug-likeness (QED) is 0.743. The Morgan fingerprint density at radius 2 is 1.96 bits per heavy atom. The number of benzene rings is 1. The fraction of sp³-hybridized carbons (Fsp3) is 0.429. The first-order valence-corrected chi connectivity index (χ1v) is 10.9. The Bertz CT molecular complexity index is 768. The van der Waals surface area contributed by atoms with E-state index >= 15 is 0 Å². The molecule has 6 nitrogen and oxygen atoms in total. The summed E-state index contributed by atoms with van der Waals surface area (Å²) in [5.41, 5.74) is 1.19.